The second kappa shape index (κ2) is 9.32. The molecular weight excluding hydrogens is 358 g/mol. The summed E-state index contributed by atoms with van der Waals surface area (Å²) in [5, 5.41) is 12.0. The molecule has 0 bridgehead atoms. The number of nitrogens with one attached hydrogen (secondary N) is 1. The van der Waals surface area contributed by atoms with E-state index in [4.69, 9.17) is 4.74 Å². The van der Waals surface area contributed by atoms with Crippen LogP contribution in [0.2, 0.25) is 0 Å². The van der Waals surface area contributed by atoms with Crippen molar-refractivity contribution in [3.05, 3.63) is 59.9 Å². The highest BCUT2D eigenvalue weighted by atomic mass is 16.5. The van der Waals surface area contributed by atoms with Crippen LogP contribution in [0.3, 0.4) is 0 Å². The third kappa shape index (κ3) is 5.07. The van der Waals surface area contributed by atoms with Gasteiger partial charge in [-0.25, -0.2) is 0 Å². The number of para-hydroxylation sites is 1. The molecule has 2 heterocycles. The van der Waals surface area contributed by atoms with E-state index in [2.05, 4.69) is 10.3 Å². The van der Waals surface area contributed by atoms with Crippen LogP contribution in [-0.2, 0) is 0 Å². The number of hydrogen-bond acceptors (Lipinski definition) is 5. The monoisotopic (exact) mass is 383 g/mol. The Hall–Kier alpha value is -2.93. The molecule has 0 saturated carbocycles. The first-order valence-corrected chi connectivity index (χ1v) is 9.46. The van der Waals surface area contributed by atoms with Gasteiger partial charge in [0, 0.05) is 44.9 Å². The predicted octanol–water partition coefficient (Wildman–Crippen LogP) is 1.88. The number of hydrogen-bond donors (Lipinski definition) is 2. The Morgan fingerprint density at radius 2 is 2.00 bits per heavy atom. The number of aromatic nitrogens is 1. The molecule has 7 nitrogen and oxygen atoms in total. The van der Waals surface area contributed by atoms with E-state index in [1.807, 2.05) is 6.07 Å². The number of piperidine rings is 1. The normalized spacial score (nSPS) is 15.7. The number of pyridine rings is 1. The largest absolute Gasteiger partial charge is 0.489 e. The molecule has 1 saturated heterocycles. The maximum atomic E-state index is 12.5. The molecule has 28 heavy (non-hydrogen) atoms. The maximum Gasteiger partial charge on any atom is 0.255 e. The zero-order chi connectivity index (χ0) is 19.9. The molecule has 1 aromatic heterocycles. The van der Waals surface area contributed by atoms with E-state index in [1.165, 1.54) is 0 Å². The van der Waals surface area contributed by atoms with Crippen LogP contribution in [0.15, 0.2) is 48.8 Å². The molecule has 1 atom stereocenters. The number of amides is 2. The van der Waals surface area contributed by atoms with E-state index in [9.17, 15) is 14.7 Å². The summed E-state index contributed by atoms with van der Waals surface area (Å²) in [4.78, 5) is 30.7. The summed E-state index contributed by atoms with van der Waals surface area (Å²) in [6.07, 6.45) is 3.92. The van der Waals surface area contributed by atoms with Crippen molar-refractivity contribution in [1.29, 1.82) is 0 Å². The topological polar surface area (TPSA) is 91.8 Å². The molecule has 0 spiro atoms. The number of rotatable bonds is 6. The van der Waals surface area contributed by atoms with E-state index in [-0.39, 0.29) is 24.5 Å². The summed E-state index contributed by atoms with van der Waals surface area (Å²) in [5.41, 5.74) is 1.03. The second-order valence-corrected chi connectivity index (χ2v) is 6.91. The first-order valence-electron chi connectivity index (χ1n) is 9.46. The van der Waals surface area contributed by atoms with Crippen LogP contribution in [0.25, 0.3) is 0 Å². The molecule has 7 heteroatoms. The second-order valence-electron chi connectivity index (χ2n) is 6.91. The Kier molecular flexibility index (Phi) is 6.60. The van der Waals surface area contributed by atoms with Gasteiger partial charge in [0.05, 0.1) is 17.2 Å². The zero-order valence-corrected chi connectivity index (χ0v) is 15.9. The molecule has 1 aromatic carbocycles. The van der Waals surface area contributed by atoms with Crippen molar-refractivity contribution in [1.82, 2.24) is 15.2 Å². The van der Waals surface area contributed by atoms with Crippen molar-refractivity contribution in [2.45, 2.75) is 32.0 Å². The molecule has 0 aliphatic carbocycles. The Morgan fingerprint density at radius 1 is 1.25 bits per heavy atom. The van der Waals surface area contributed by atoms with Crippen LogP contribution < -0.4 is 10.1 Å². The van der Waals surface area contributed by atoms with E-state index >= 15 is 0 Å². The molecule has 0 unspecified atom stereocenters. The van der Waals surface area contributed by atoms with E-state index in [0.717, 1.165) is 0 Å². The van der Waals surface area contributed by atoms with Crippen LogP contribution in [0, 0.1) is 0 Å². The third-order valence-electron chi connectivity index (χ3n) is 4.62. The van der Waals surface area contributed by atoms with Gasteiger partial charge in [0.2, 0.25) is 0 Å². The Morgan fingerprint density at radius 3 is 2.68 bits per heavy atom. The maximum absolute atomic E-state index is 12.5. The SMILES string of the molecule is C[C@H](O)CNC(=O)c1ccccc1OC1CCN(C(=O)c2cccnc2)CC1. The summed E-state index contributed by atoms with van der Waals surface area (Å²) in [5.74, 6) is 0.216. The first kappa shape index (κ1) is 19.8. The molecule has 2 N–H and O–H groups in total. The predicted molar refractivity (Wildman–Crippen MR) is 104 cm³/mol. The number of nitrogens with zero attached hydrogens (tertiary/aromatic N) is 2. The molecule has 148 valence electrons. The van der Waals surface area contributed by atoms with Crippen LogP contribution in [0.4, 0.5) is 0 Å². The quantitative estimate of drug-likeness (QED) is 0.795. The van der Waals surface area contributed by atoms with Gasteiger partial charge in [0.25, 0.3) is 11.8 Å². The van der Waals surface area contributed by atoms with Crippen molar-refractivity contribution in [2.24, 2.45) is 0 Å². The Labute approximate surface area is 164 Å². The van der Waals surface area contributed by atoms with Gasteiger partial charge in [-0.05, 0) is 31.2 Å². The number of ether oxygens (including phenoxy) is 1. The summed E-state index contributed by atoms with van der Waals surface area (Å²) in [7, 11) is 0. The molecule has 2 aromatic rings. The highest BCUT2D eigenvalue weighted by Gasteiger charge is 2.26. The van der Waals surface area contributed by atoms with Gasteiger partial charge in [0.15, 0.2) is 0 Å². The van der Waals surface area contributed by atoms with Gasteiger partial charge in [0.1, 0.15) is 11.9 Å². The number of carbonyl (C=O) groups is 2. The lowest BCUT2D eigenvalue weighted by atomic mass is 10.1. The fourth-order valence-corrected chi connectivity index (χ4v) is 3.12. The lowest BCUT2D eigenvalue weighted by Crippen LogP contribution is -2.42. The standard InChI is InChI=1S/C21H25N3O4/c1-15(25)13-23-20(26)18-6-2-3-7-19(18)28-17-8-11-24(12-9-17)21(27)16-5-4-10-22-14-16/h2-7,10,14-15,17,25H,8-9,11-13H2,1H3,(H,23,26)/t15-/m0/s1. The van der Waals surface area contributed by atoms with Gasteiger partial charge >= 0.3 is 0 Å². The number of carbonyl (C=O) groups excluding carboxylic acids is 2. The summed E-state index contributed by atoms with van der Waals surface area (Å²) in [6.45, 7) is 2.98. The molecule has 1 fully saturated rings. The van der Waals surface area contributed by atoms with Gasteiger partial charge in [-0.3, -0.25) is 14.6 Å². The minimum Gasteiger partial charge on any atom is -0.489 e. The van der Waals surface area contributed by atoms with Crippen LogP contribution in [0.5, 0.6) is 5.75 Å². The third-order valence-corrected chi connectivity index (χ3v) is 4.62. The highest BCUT2D eigenvalue weighted by Crippen LogP contribution is 2.23. The summed E-state index contributed by atoms with van der Waals surface area (Å²) in [6, 6.07) is 10.6. The Bertz CT molecular complexity index is 802. The van der Waals surface area contributed by atoms with Gasteiger partial charge < -0.3 is 20.1 Å². The van der Waals surface area contributed by atoms with Gasteiger partial charge in [-0.2, -0.15) is 0 Å². The number of benzene rings is 1. The molecule has 2 amide bonds. The van der Waals surface area contributed by atoms with Crippen LogP contribution in [-0.4, -0.2) is 58.6 Å². The van der Waals surface area contributed by atoms with Crippen molar-refractivity contribution >= 4 is 11.8 Å². The lowest BCUT2D eigenvalue weighted by molar-refractivity contribution is 0.0593. The van der Waals surface area contributed by atoms with Crippen molar-refractivity contribution < 1.29 is 19.4 Å². The van der Waals surface area contributed by atoms with Crippen LogP contribution in [0.1, 0.15) is 40.5 Å². The summed E-state index contributed by atoms with van der Waals surface area (Å²) >= 11 is 0. The van der Waals surface area contributed by atoms with Crippen molar-refractivity contribution in [3.8, 4) is 5.75 Å². The number of likely N-dealkylation sites (tertiary alicyclic amines) is 1. The van der Waals surface area contributed by atoms with Crippen LogP contribution >= 0.6 is 0 Å². The first-order chi connectivity index (χ1) is 13.5. The van der Waals surface area contributed by atoms with E-state index in [1.54, 1.807) is 54.5 Å². The summed E-state index contributed by atoms with van der Waals surface area (Å²) < 4.78 is 6.07. The fraction of sp³-hybridized carbons (Fsp3) is 0.381. The molecule has 0 radical (unpaired) electrons. The average Bonchev–Trinajstić information content (AvgIpc) is 2.73. The van der Waals surface area contributed by atoms with E-state index < -0.39 is 6.10 Å². The molecule has 1 aliphatic heterocycles. The highest BCUT2D eigenvalue weighted by molar-refractivity contribution is 5.97. The van der Waals surface area contributed by atoms with Crippen molar-refractivity contribution in [2.75, 3.05) is 19.6 Å². The van der Waals surface area contributed by atoms with Gasteiger partial charge in [-0.15, -0.1) is 0 Å². The van der Waals surface area contributed by atoms with Gasteiger partial charge in [-0.1, -0.05) is 12.1 Å². The molecule has 1 aliphatic rings. The number of aliphatic hydroxyl groups is 1. The fourth-order valence-electron chi connectivity index (χ4n) is 3.12. The smallest absolute Gasteiger partial charge is 0.255 e. The molecule has 3 rings (SSSR count). The number of aliphatic hydroxyl groups excluding tert-OH is 1. The Balaban J connectivity index is 1.58. The minimum absolute atomic E-state index is 0.0237. The lowest BCUT2D eigenvalue weighted by Gasteiger charge is -2.32. The minimum atomic E-state index is -0.612. The average molecular weight is 383 g/mol. The zero-order valence-electron chi connectivity index (χ0n) is 15.9. The van der Waals surface area contributed by atoms with E-state index in [0.29, 0.717) is 42.8 Å². The van der Waals surface area contributed by atoms with Crippen molar-refractivity contribution in [3.63, 3.8) is 0 Å². The molecular formula is C21H25N3O4.